The van der Waals surface area contributed by atoms with Crippen molar-refractivity contribution in [3.63, 3.8) is 0 Å². The number of alkyl halides is 3. The van der Waals surface area contributed by atoms with Crippen LogP contribution in [0.25, 0.3) is 22.0 Å². The van der Waals surface area contributed by atoms with Gasteiger partial charge in [0, 0.05) is 62.6 Å². The topological polar surface area (TPSA) is 53.4 Å². The van der Waals surface area contributed by atoms with Gasteiger partial charge in [-0.25, -0.2) is 0 Å². The number of fused-ring (bicyclic) bond motifs is 1. The molecule has 6 nitrogen and oxygen atoms in total. The summed E-state index contributed by atoms with van der Waals surface area (Å²) in [4.78, 5) is 17.3. The fraction of sp³-hybridized carbons (Fsp3) is 0.310. The Kier molecular flexibility index (Phi) is 6.98. The lowest BCUT2D eigenvalue weighted by molar-refractivity contribution is -0.138. The number of carbonyl (C=O) groups excluding carboxylic acids is 1. The van der Waals surface area contributed by atoms with Gasteiger partial charge in [-0.2, -0.15) is 18.3 Å². The summed E-state index contributed by atoms with van der Waals surface area (Å²) in [6.45, 7) is 5.26. The van der Waals surface area contributed by atoms with Gasteiger partial charge in [-0.1, -0.05) is 18.2 Å². The van der Waals surface area contributed by atoms with Crippen LogP contribution in [0.1, 0.15) is 27.0 Å². The third-order valence-electron chi connectivity index (χ3n) is 7.09. The molecule has 0 aliphatic carbocycles. The molecular formula is C29H30F3N5O. The molecule has 1 aliphatic rings. The molecule has 1 aliphatic heterocycles. The van der Waals surface area contributed by atoms with Crippen molar-refractivity contribution in [3.05, 3.63) is 83.0 Å². The maximum atomic E-state index is 14.0. The fourth-order valence-corrected chi connectivity index (χ4v) is 4.90. The summed E-state index contributed by atoms with van der Waals surface area (Å²) in [5.74, 6) is -0.464. The first-order valence-electron chi connectivity index (χ1n) is 12.5. The molecule has 0 saturated carbocycles. The van der Waals surface area contributed by atoms with Crippen LogP contribution < -0.4 is 5.32 Å². The number of halogens is 3. The van der Waals surface area contributed by atoms with Crippen molar-refractivity contribution in [1.29, 1.82) is 0 Å². The molecule has 3 aromatic carbocycles. The Balaban J connectivity index is 1.38. The van der Waals surface area contributed by atoms with Gasteiger partial charge in [-0.05, 0) is 72.6 Å². The van der Waals surface area contributed by atoms with Gasteiger partial charge < -0.3 is 10.2 Å². The van der Waals surface area contributed by atoms with Gasteiger partial charge in [0.1, 0.15) is 0 Å². The number of aromatic nitrogens is 2. The predicted molar refractivity (Wildman–Crippen MR) is 143 cm³/mol. The Hall–Kier alpha value is -3.69. The summed E-state index contributed by atoms with van der Waals surface area (Å²) in [5.41, 5.74) is 3.64. The van der Waals surface area contributed by atoms with Crippen molar-refractivity contribution in [2.75, 3.05) is 38.5 Å². The zero-order valence-electron chi connectivity index (χ0n) is 21.6. The fourth-order valence-electron chi connectivity index (χ4n) is 4.90. The maximum Gasteiger partial charge on any atom is 0.416 e. The summed E-state index contributed by atoms with van der Waals surface area (Å²) in [6, 6.07) is 15.3. The normalized spacial score (nSPS) is 15.2. The van der Waals surface area contributed by atoms with Crippen LogP contribution in [-0.4, -0.2) is 58.7 Å². The van der Waals surface area contributed by atoms with E-state index in [0.717, 1.165) is 59.8 Å². The van der Waals surface area contributed by atoms with E-state index in [1.165, 1.54) is 6.07 Å². The predicted octanol–water partition coefficient (Wildman–Crippen LogP) is 5.57. The number of carbonyl (C=O) groups is 1. The lowest BCUT2D eigenvalue weighted by atomic mass is 9.97. The van der Waals surface area contributed by atoms with E-state index in [1.807, 2.05) is 56.4 Å². The van der Waals surface area contributed by atoms with E-state index in [4.69, 9.17) is 0 Å². The van der Waals surface area contributed by atoms with Crippen LogP contribution in [0.4, 0.5) is 18.9 Å². The summed E-state index contributed by atoms with van der Waals surface area (Å²) in [5, 5.41) is 8.04. The number of benzene rings is 3. The molecule has 1 aromatic heterocycles. The Morgan fingerprint density at radius 2 is 1.74 bits per heavy atom. The molecule has 0 atom stereocenters. The second-order valence-electron chi connectivity index (χ2n) is 10.0. The highest BCUT2D eigenvalue weighted by Crippen LogP contribution is 2.35. The second-order valence-corrected chi connectivity index (χ2v) is 10.0. The van der Waals surface area contributed by atoms with E-state index in [9.17, 15) is 18.0 Å². The zero-order chi connectivity index (χ0) is 27.0. The van der Waals surface area contributed by atoms with Gasteiger partial charge in [-0.3, -0.25) is 14.4 Å². The van der Waals surface area contributed by atoms with Crippen LogP contribution >= 0.6 is 0 Å². The number of hydrogen-bond donors (Lipinski definition) is 1. The highest BCUT2D eigenvalue weighted by Gasteiger charge is 2.34. The van der Waals surface area contributed by atoms with Crippen molar-refractivity contribution < 1.29 is 18.0 Å². The van der Waals surface area contributed by atoms with Crippen LogP contribution in [0, 0.1) is 6.92 Å². The van der Waals surface area contributed by atoms with Gasteiger partial charge in [0.15, 0.2) is 0 Å². The number of nitrogens with one attached hydrogen (secondary N) is 1. The third kappa shape index (κ3) is 5.58. The zero-order valence-corrected chi connectivity index (χ0v) is 21.6. The van der Waals surface area contributed by atoms with E-state index in [0.29, 0.717) is 5.56 Å². The standard InChI is InChI=1S/C29H30F3N5O/c1-19-4-5-21(15-25(19)20-7-9-27-23(14-20)17-36(3)34-27)28(38)33-24-8-6-22(26(16-24)29(30,31)32)18-37-12-10-35(2)11-13-37/h4-9,14-17H,10-13,18H2,1-3H3,(H,33,38). The van der Waals surface area contributed by atoms with E-state index >= 15 is 0 Å². The molecule has 5 rings (SSSR count). The number of anilines is 1. The van der Waals surface area contributed by atoms with Gasteiger partial charge in [0.05, 0.1) is 11.1 Å². The van der Waals surface area contributed by atoms with Gasteiger partial charge in [-0.15, -0.1) is 0 Å². The van der Waals surface area contributed by atoms with E-state index in [1.54, 1.807) is 22.9 Å². The monoisotopic (exact) mass is 521 g/mol. The molecule has 2 heterocycles. The molecule has 9 heteroatoms. The molecule has 0 radical (unpaired) electrons. The lowest BCUT2D eigenvalue weighted by Gasteiger charge is -2.33. The first-order valence-corrected chi connectivity index (χ1v) is 12.5. The Morgan fingerprint density at radius 3 is 2.47 bits per heavy atom. The number of nitrogens with zero attached hydrogens (tertiary/aromatic N) is 4. The molecule has 38 heavy (non-hydrogen) atoms. The molecule has 1 fully saturated rings. The minimum Gasteiger partial charge on any atom is -0.322 e. The second kappa shape index (κ2) is 10.2. The molecule has 0 unspecified atom stereocenters. The molecule has 0 bridgehead atoms. The molecule has 4 aromatic rings. The Bertz CT molecular complexity index is 1490. The summed E-state index contributed by atoms with van der Waals surface area (Å²) >= 11 is 0. The number of hydrogen-bond acceptors (Lipinski definition) is 4. The van der Waals surface area contributed by atoms with Crippen LogP contribution in [0.5, 0.6) is 0 Å². The van der Waals surface area contributed by atoms with Crippen molar-refractivity contribution >= 4 is 22.5 Å². The third-order valence-corrected chi connectivity index (χ3v) is 7.09. The molecule has 1 amide bonds. The highest BCUT2D eigenvalue weighted by molar-refractivity contribution is 6.05. The van der Waals surface area contributed by atoms with Gasteiger partial charge in [0.25, 0.3) is 5.91 Å². The molecular weight excluding hydrogens is 491 g/mol. The summed E-state index contributed by atoms with van der Waals surface area (Å²) in [7, 11) is 3.87. The average molecular weight is 522 g/mol. The molecule has 1 N–H and O–H groups in total. The van der Waals surface area contributed by atoms with Crippen molar-refractivity contribution in [2.24, 2.45) is 7.05 Å². The number of aryl methyl sites for hydroxylation is 2. The van der Waals surface area contributed by atoms with Crippen molar-refractivity contribution in [3.8, 4) is 11.1 Å². The smallest absolute Gasteiger partial charge is 0.322 e. The first kappa shape index (κ1) is 25.9. The number of piperazine rings is 1. The highest BCUT2D eigenvalue weighted by atomic mass is 19.4. The van der Waals surface area contributed by atoms with E-state index < -0.39 is 17.6 Å². The SMILES string of the molecule is Cc1ccc(C(=O)Nc2ccc(CN3CCN(C)CC3)c(C(F)(F)F)c2)cc1-c1ccc2nn(C)cc2c1. The quantitative estimate of drug-likeness (QED) is 0.373. The van der Waals surface area contributed by atoms with E-state index in [2.05, 4.69) is 15.3 Å². The first-order chi connectivity index (χ1) is 18.1. The van der Waals surface area contributed by atoms with Gasteiger partial charge in [0.2, 0.25) is 0 Å². The maximum absolute atomic E-state index is 14.0. The molecule has 198 valence electrons. The van der Waals surface area contributed by atoms with Gasteiger partial charge >= 0.3 is 6.18 Å². The minimum atomic E-state index is -4.52. The van der Waals surface area contributed by atoms with Crippen molar-refractivity contribution in [2.45, 2.75) is 19.6 Å². The number of likely N-dealkylation sites (N-methyl/N-ethyl adjacent to an activating group) is 1. The lowest BCUT2D eigenvalue weighted by Crippen LogP contribution is -2.44. The largest absolute Gasteiger partial charge is 0.416 e. The Labute approximate surface area is 219 Å². The minimum absolute atomic E-state index is 0.114. The average Bonchev–Trinajstić information content (AvgIpc) is 3.25. The van der Waals surface area contributed by atoms with Crippen LogP contribution in [0.2, 0.25) is 0 Å². The van der Waals surface area contributed by atoms with E-state index in [-0.39, 0.29) is 17.8 Å². The van der Waals surface area contributed by atoms with Crippen LogP contribution in [-0.2, 0) is 19.8 Å². The van der Waals surface area contributed by atoms with Crippen LogP contribution in [0.15, 0.2) is 60.8 Å². The number of rotatable bonds is 5. The number of amides is 1. The van der Waals surface area contributed by atoms with Crippen molar-refractivity contribution in [1.82, 2.24) is 19.6 Å². The summed E-state index contributed by atoms with van der Waals surface area (Å²) in [6.07, 6.45) is -2.60. The van der Waals surface area contributed by atoms with Crippen LogP contribution in [0.3, 0.4) is 0 Å². The molecule has 0 spiro atoms. The summed E-state index contributed by atoms with van der Waals surface area (Å²) < 4.78 is 43.6. The Morgan fingerprint density at radius 1 is 0.974 bits per heavy atom. The molecule has 1 saturated heterocycles.